The molecule has 2 aromatic rings. The Bertz CT molecular complexity index is 864. The zero-order chi connectivity index (χ0) is 22.8. The van der Waals surface area contributed by atoms with E-state index in [4.69, 9.17) is 0 Å². The molecule has 10 nitrogen and oxygen atoms in total. The minimum atomic E-state index is -0.625. The van der Waals surface area contributed by atoms with Crippen LogP contribution in [0.1, 0.15) is 49.3 Å². The third-order valence-electron chi connectivity index (χ3n) is 7.05. The third kappa shape index (κ3) is 4.42. The predicted molar refractivity (Wildman–Crippen MR) is 115 cm³/mol. The van der Waals surface area contributed by atoms with Crippen LogP contribution >= 0.6 is 0 Å². The van der Waals surface area contributed by atoms with Gasteiger partial charge in [-0.15, -0.1) is 0 Å². The second kappa shape index (κ2) is 9.41. The van der Waals surface area contributed by atoms with Crippen LogP contribution in [0.4, 0.5) is 0 Å². The molecule has 0 saturated carbocycles. The van der Waals surface area contributed by atoms with Crippen LogP contribution in [-0.2, 0) is 23.7 Å². The Hall–Kier alpha value is -2.72. The van der Waals surface area contributed by atoms with Gasteiger partial charge in [0.05, 0.1) is 23.6 Å². The number of rotatable bonds is 4. The van der Waals surface area contributed by atoms with E-state index in [1.165, 1.54) is 0 Å². The summed E-state index contributed by atoms with van der Waals surface area (Å²) >= 11 is 0. The Morgan fingerprint density at radius 3 is 1.41 bits per heavy atom. The van der Waals surface area contributed by atoms with Gasteiger partial charge in [0.15, 0.2) is 0 Å². The van der Waals surface area contributed by atoms with E-state index in [0.717, 1.165) is 11.4 Å². The van der Waals surface area contributed by atoms with Crippen LogP contribution in [0.3, 0.4) is 0 Å². The van der Waals surface area contributed by atoms with E-state index < -0.39 is 24.0 Å². The van der Waals surface area contributed by atoms with Crippen LogP contribution in [0.5, 0.6) is 0 Å². The van der Waals surface area contributed by atoms with E-state index in [9.17, 15) is 19.8 Å². The Kier molecular flexibility index (Phi) is 6.61. The number of aryl methyl sites for hydroxylation is 2. The normalized spacial score (nSPS) is 20.4. The van der Waals surface area contributed by atoms with E-state index in [0.29, 0.717) is 51.9 Å². The van der Waals surface area contributed by atoms with Gasteiger partial charge in [0.25, 0.3) is 0 Å². The summed E-state index contributed by atoms with van der Waals surface area (Å²) < 4.78 is 3.33. The summed E-state index contributed by atoms with van der Waals surface area (Å²) in [6.45, 7) is 1.83. The molecule has 32 heavy (non-hydrogen) atoms. The number of aromatic nitrogens is 4. The van der Waals surface area contributed by atoms with Gasteiger partial charge in [-0.25, -0.2) is 0 Å². The van der Waals surface area contributed by atoms with Gasteiger partial charge in [0, 0.05) is 52.7 Å². The van der Waals surface area contributed by atoms with Crippen LogP contribution in [0.15, 0.2) is 24.5 Å². The molecule has 2 saturated heterocycles. The number of likely N-dealkylation sites (tertiary alicyclic amines) is 2. The molecule has 2 aliphatic heterocycles. The highest BCUT2D eigenvalue weighted by Gasteiger charge is 2.36. The van der Waals surface area contributed by atoms with Crippen molar-refractivity contribution in [2.75, 3.05) is 26.2 Å². The fourth-order valence-electron chi connectivity index (χ4n) is 4.94. The molecule has 0 aliphatic carbocycles. The molecule has 174 valence electrons. The smallest absolute Gasteiger partial charge is 0.312 e. The molecule has 0 spiro atoms. The highest BCUT2D eigenvalue weighted by Crippen LogP contribution is 2.32. The Labute approximate surface area is 187 Å². The number of carbonyl (C=O) groups excluding carboxylic acids is 2. The van der Waals surface area contributed by atoms with Crippen LogP contribution in [0, 0.1) is 11.8 Å². The van der Waals surface area contributed by atoms with E-state index in [1.54, 1.807) is 57.8 Å². The van der Waals surface area contributed by atoms with Gasteiger partial charge in [-0.3, -0.25) is 19.0 Å². The van der Waals surface area contributed by atoms with Gasteiger partial charge in [0.1, 0.15) is 0 Å². The number of amides is 2. The first kappa shape index (κ1) is 22.5. The molecule has 4 heterocycles. The molecule has 4 rings (SSSR count). The quantitative estimate of drug-likeness (QED) is 0.660. The van der Waals surface area contributed by atoms with Crippen LogP contribution in [0.2, 0.25) is 0 Å². The summed E-state index contributed by atoms with van der Waals surface area (Å²) in [6, 6.07) is 3.61. The lowest BCUT2D eigenvalue weighted by Crippen LogP contribution is -2.50. The highest BCUT2D eigenvalue weighted by atomic mass is 16.3. The monoisotopic (exact) mass is 444 g/mol. The maximum Gasteiger partial charge on any atom is 0.312 e. The van der Waals surface area contributed by atoms with E-state index in [2.05, 4.69) is 10.2 Å². The molecule has 2 N–H and O–H groups in total. The molecular weight excluding hydrogens is 412 g/mol. The molecule has 2 aliphatic rings. The number of aliphatic hydroxyl groups excluding tert-OH is 2. The van der Waals surface area contributed by atoms with Crippen molar-refractivity contribution in [1.82, 2.24) is 29.4 Å². The number of nitrogens with zero attached hydrogens (tertiary/aromatic N) is 6. The Balaban J connectivity index is 1.26. The van der Waals surface area contributed by atoms with E-state index in [1.807, 2.05) is 0 Å². The van der Waals surface area contributed by atoms with Crippen LogP contribution < -0.4 is 0 Å². The largest absolute Gasteiger partial charge is 0.387 e. The fraction of sp³-hybridized carbons (Fsp3) is 0.636. The molecule has 0 bridgehead atoms. The average molecular weight is 445 g/mol. The highest BCUT2D eigenvalue weighted by molar-refractivity contribution is 6.34. The molecular formula is C22H32N6O4. The van der Waals surface area contributed by atoms with Gasteiger partial charge in [0.2, 0.25) is 0 Å². The Morgan fingerprint density at radius 2 is 1.12 bits per heavy atom. The second-order valence-corrected chi connectivity index (χ2v) is 8.91. The van der Waals surface area contributed by atoms with Crippen molar-refractivity contribution >= 4 is 11.8 Å². The molecule has 2 aromatic heterocycles. The first-order valence-electron chi connectivity index (χ1n) is 11.3. The van der Waals surface area contributed by atoms with Gasteiger partial charge in [-0.05, 0) is 49.7 Å². The first-order chi connectivity index (χ1) is 15.4. The third-order valence-corrected chi connectivity index (χ3v) is 7.05. The molecule has 2 unspecified atom stereocenters. The van der Waals surface area contributed by atoms with Crippen molar-refractivity contribution in [3.63, 3.8) is 0 Å². The number of piperidine rings is 2. The summed E-state index contributed by atoms with van der Waals surface area (Å²) in [6.07, 6.45) is 4.65. The van der Waals surface area contributed by atoms with Crippen molar-refractivity contribution < 1.29 is 19.8 Å². The lowest BCUT2D eigenvalue weighted by Gasteiger charge is -2.37. The SMILES string of the molecule is Cn1nccc1C(O)C1CCN(C(=O)C(=O)N2CCC(C(O)c3ccnn3C)CC2)CC1. The molecule has 2 fully saturated rings. The van der Waals surface area contributed by atoms with Crippen molar-refractivity contribution in [2.24, 2.45) is 25.9 Å². The standard InChI is InChI=1S/C22H32N6O4/c1-25-17(3-9-23-25)19(29)15-5-11-27(12-6-15)21(31)22(32)28-13-7-16(8-14-28)20(30)18-4-10-24-26(18)2/h3-4,9-10,15-16,19-20,29-30H,5-8,11-14H2,1-2H3. The van der Waals surface area contributed by atoms with E-state index in [-0.39, 0.29) is 11.8 Å². The zero-order valence-corrected chi connectivity index (χ0v) is 18.7. The topological polar surface area (TPSA) is 117 Å². The summed E-state index contributed by atoms with van der Waals surface area (Å²) in [7, 11) is 3.60. The molecule has 10 heteroatoms. The Morgan fingerprint density at radius 1 is 0.781 bits per heavy atom. The van der Waals surface area contributed by atoms with Gasteiger partial charge < -0.3 is 20.0 Å². The summed E-state index contributed by atoms with van der Waals surface area (Å²) in [5.74, 6) is -0.865. The zero-order valence-electron chi connectivity index (χ0n) is 18.7. The number of carbonyl (C=O) groups is 2. The molecule has 0 radical (unpaired) electrons. The number of hydrogen-bond donors (Lipinski definition) is 2. The van der Waals surface area contributed by atoms with Gasteiger partial charge in [-0.2, -0.15) is 10.2 Å². The minimum absolute atomic E-state index is 0.0359. The van der Waals surface area contributed by atoms with Crippen molar-refractivity contribution in [2.45, 2.75) is 37.9 Å². The number of aliphatic hydroxyl groups is 2. The lowest BCUT2D eigenvalue weighted by molar-refractivity contribution is -0.154. The molecule has 0 aromatic carbocycles. The van der Waals surface area contributed by atoms with Crippen LogP contribution in [-0.4, -0.2) is 77.6 Å². The average Bonchev–Trinajstić information content (AvgIpc) is 3.45. The fourth-order valence-corrected chi connectivity index (χ4v) is 4.94. The molecule has 2 atom stereocenters. The summed E-state index contributed by atoms with van der Waals surface area (Å²) in [4.78, 5) is 28.8. The van der Waals surface area contributed by atoms with Crippen molar-refractivity contribution in [3.05, 3.63) is 35.9 Å². The summed E-state index contributed by atoms with van der Waals surface area (Å²) in [5.41, 5.74) is 1.53. The van der Waals surface area contributed by atoms with Crippen LogP contribution in [0.25, 0.3) is 0 Å². The second-order valence-electron chi connectivity index (χ2n) is 8.91. The van der Waals surface area contributed by atoms with Crippen molar-refractivity contribution in [3.8, 4) is 0 Å². The maximum absolute atomic E-state index is 12.8. The van der Waals surface area contributed by atoms with Gasteiger partial charge in [-0.1, -0.05) is 0 Å². The summed E-state index contributed by atoms with van der Waals surface area (Å²) in [5, 5.41) is 29.5. The first-order valence-corrected chi connectivity index (χ1v) is 11.3. The van der Waals surface area contributed by atoms with Crippen molar-refractivity contribution in [1.29, 1.82) is 0 Å². The minimum Gasteiger partial charge on any atom is -0.387 e. The maximum atomic E-state index is 12.8. The van der Waals surface area contributed by atoms with E-state index >= 15 is 0 Å². The molecule has 2 amide bonds. The number of hydrogen-bond acceptors (Lipinski definition) is 6. The van der Waals surface area contributed by atoms with Gasteiger partial charge >= 0.3 is 11.8 Å². The lowest BCUT2D eigenvalue weighted by atomic mass is 9.89. The predicted octanol–water partition coefficient (Wildman–Crippen LogP) is 0.398.